The molecule has 1 aliphatic heterocycles. The van der Waals surface area contributed by atoms with E-state index in [1.165, 1.54) is 0 Å². The van der Waals surface area contributed by atoms with Crippen molar-refractivity contribution in [1.29, 1.82) is 0 Å². The summed E-state index contributed by atoms with van der Waals surface area (Å²) in [5.41, 5.74) is 2.52. The number of piperazine rings is 1. The van der Waals surface area contributed by atoms with Gasteiger partial charge < -0.3 is 14.5 Å². The normalized spacial score (nSPS) is 15.1. The van der Waals surface area contributed by atoms with E-state index in [-0.39, 0.29) is 6.09 Å². The number of carbonyl (C=O) groups excluding carboxylic acids is 1. The van der Waals surface area contributed by atoms with Crippen LogP contribution in [-0.2, 0) is 4.74 Å². The number of fused-ring (bicyclic) bond motifs is 1. The predicted octanol–water partition coefficient (Wildman–Crippen LogP) is 2.85. The number of ether oxygens (including phenoxy) is 1. The summed E-state index contributed by atoms with van der Waals surface area (Å²) < 4.78 is 7.32. The summed E-state index contributed by atoms with van der Waals surface area (Å²) in [5, 5.41) is 4.50. The molecule has 1 fully saturated rings. The monoisotopic (exact) mass is 380 g/mol. The van der Waals surface area contributed by atoms with E-state index < -0.39 is 5.60 Å². The largest absolute Gasteiger partial charge is 0.444 e. The van der Waals surface area contributed by atoms with Gasteiger partial charge in [0.25, 0.3) is 0 Å². The van der Waals surface area contributed by atoms with E-state index in [9.17, 15) is 4.79 Å². The van der Waals surface area contributed by atoms with Crippen molar-refractivity contribution in [3.8, 4) is 11.4 Å². The molecule has 0 aliphatic carbocycles. The summed E-state index contributed by atoms with van der Waals surface area (Å²) in [5.74, 6) is 0.674. The van der Waals surface area contributed by atoms with Crippen molar-refractivity contribution in [3.05, 3.63) is 43.0 Å². The molecule has 0 bridgehead atoms. The maximum absolute atomic E-state index is 12.2. The van der Waals surface area contributed by atoms with Crippen LogP contribution < -0.4 is 4.90 Å². The third-order valence-electron chi connectivity index (χ3n) is 4.59. The fraction of sp³-hybridized carbons (Fsp3) is 0.400. The van der Waals surface area contributed by atoms with E-state index in [4.69, 9.17) is 4.74 Å². The average molecular weight is 380 g/mol. The number of anilines is 1. The Hall–Kier alpha value is -3.16. The van der Waals surface area contributed by atoms with E-state index in [0.29, 0.717) is 18.9 Å². The second kappa shape index (κ2) is 7.10. The Morgan fingerprint density at radius 2 is 1.79 bits per heavy atom. The van der Waals surface area contributed by atoms with Crippen LogP contribution in [0.4, 0.5) is 10.5 Å². The van der Waals surface area contributed by atoms with Crippen molar-refractivity contribution < 1.29 is 9.53 Å². The molecule has 4 rings (SSSR count). The molecule has 0 radical (unpaired) electrons. The molecule has 1 saturated heterocycles. The molecule has 0 spiro atoms. The Morgan fingerprint density at radius 3 is 2.46 bits per heavy atom. The fourth-order valence-corrected chi connectivity index (χ4v) is 3.25. The van der Waals surface area contributed by atoms with Gasteiger partial charge in [-0.15, -0.1) is 0 Å². The Kier molecular flexibility index (Phi) is 4.62. The molecule has 0 saturated carbocycles. The standard InChI is InChI=1S/C20H24N6O2/c1-20(2,3)28-19(27)25-11-9-24(10-12-25)17-13-23-26-14-15(5-6-16(17)26)18-21-7-4-8-22-18/h4-8,13-14H,9-12H2,1-3H3. The first-order valence-corrected chi connectivity index (χ1v) is 9.38. The molecule has 4 heterocycles. The van der Waals surface area contributed by atoms with Gasteiger partial charge in [0.05, 0.1) is 17.4 Å². The first-order chi connectivity index (χ1) is 13.4. The van der Waals surface area contributed by atoms with Gasteiger partial charge in [0.15, 0.2) is 5.82 Å². The van der Waals surface area contributed by atoms with Gasteiger partial charge in [0.2, 0.25) is 0 Å². The molecule has 28 heavy (non-hydrogen) atoms. The third kappa shape index (κ3) is 3.76. The Labute approximate surface area is 163 Å². The minimum atomic E-state index is -0.475. The first-order valence-electron chi connectivity index (χ1n) is 9.38. The zero-order valence-corrected chi connectivity index (χ0v) is 16.4. The zero-order valence-electron chi connectivity index (χ0n) is 16.4. The van der Waals surface area contributed by atoms with Crippen LogP contribution in [0.2, 0.25) is 0 Å². The van der Waals surface area contributed by atoms with Crippen LogP contribution in [-0.4, -0.2) is 62.4 Å². The van der Waals surface area contributed by atoms with Gasteiger partial charge in [0.1, 0.15) is 5.60 Å². The van der Waals surface area contributed by atoms with Crippen molar-refractivity contribution in [2.75, 3.05) is 31.1 Å². The number of hydrogen-bond acceptors (Lipinski definition) is 6. The summed E-state index contributed by atoms with van der Waals surface area (Å²) in [6.45, 7) is 8.39. The van der Waals surface area contributed by atoms with E-state index >= 15 is 0 Å². The average Bonchev–Trinajstić information content (AvgIpc) is 3.11. The first kappa shape index (κ1) is 18.2. The molecular weight excluding hydrogens is 356 g/mol. The van der Waals surface area contributed by atoms with E-state index in [1.54, 1.807) is 23.4 Å². The van der Waals surface area contributed by atoms with Gasteiger partial charge in [-0.2, -0.15) is 5.10 Å². The smallest absolute Gasteiger partial charge is 0.410 e. The van der Waals surface area contributed by atoms with Crippen LogP contribution in [0, 0.1) is 0 Å². The molecular formula is C20H24N6O2. The predicted molar refractivity (Wildman–Crippen MR) is 106 cm³/mol. The Balaban J connectivity index is 1.48. The molecule has 0 unspecified atom stereocenters. The quantitative estimate of drug-likeness (QED) is 0.680. The van der Waals surface area contributed by atoms with Crippen LogP contribution in [0.5, 0.6) is 0 Å². The van der Waals surface area contributed by atoms with E-state index in [1.807, 2.05) is 49.8 Å². The highest BCUT2D eigenvalue weighted by atomic mass is 16.6. The lowest BCUT2D eigenvalue weighted by Gasteiger charge is -2.36. The highest BCUT2D eigenvalue weighted by molar-refractivity contribution is 5.75. The second-order valence-electron chi connectivity index (χ2n) is 7.80. The van der Waals surface area contributed by atoms with Crippen LogP contribution in [0.15, 0.2) is 43.0 Å². The molecule has 8 nitrogen and oxygen atoms in total. The van der Waals surface area contributed by atoms with E-state index in [0.717, 1.165) is 29.9 Å². The summed E-state index contributed by atoms with van der Waals surface area (Å²) in [7, 11) is 0. The maximum Gasteiger partial charge on any atom is 0.410 e. The zero-order chi connectivity index (χ0) is 19.7. The number of amides is 1. The fourth-order valence-electron chi connectivity index (χ4n) is 3.25. The van der Waals surface area contributed by atoms with E-state index in [2.05, 4.69) is 20.0 Å². The van der Waals surface area contributed by atoms with Crippen molar-refractivity contribution >= 4 is 17.3 Å². The summed E-state index contributed by atoms with van der Waals surface area (Å²) in [6, 6.07) is 5.84. The lowest BCUT2D eigenvalue weighted by Crippen LogP contribution is -2.50. The lowest BCUT2D eigenvalue weighted by atomic mass is 10.2. The van der Waals surface area contributed by atoms with Gasteiger partial charge in [0, 0.05) is 50.3 Å². The Morgan fingerprint density at radius 1 is 1.07 bits per heavy atom. The molecule has 0 aromatic carbocycles. The molecule has 146 valence electrons. The van der Waals surface area contributed by atoms with Crippen molar-refractivity contribution in [3.63, 3.8) is 0 Å². The number of aromatic nitrogens is 4. The molecule has 8 heteroatoms. The van der Waals surface area contributed by atoms with Crippen LogP contribution in [0.3, 0.4) is 0 Å². The number of pyridine rings is 1. The van der Waals surface area contributed by atoms with Gasteiger partial charge in [-0.3, -0.25) is 0 Å². The SMILES string of the molecule is CC(C)(C)OC(=O)N1CCN(c2cnn3cc(-c4ncccn4)ccc23)CC1. The highest BCUT2D eigenvalue weighted by Gasteiger charge is 2.26. The van der Waals surface area contributed by atoms with Crippen LogP contribution >= 0.6 is 0 Å². The van der Waals surface area contributed by atoms with Crippen molar-refractivity contribution in [1.82, 2.24) is 24.5 Å². The van der Waals surface area contributed by atoms with Crippen LogP contribution in [0.1, 0.15) is 20.8 Å². The number of hydrogen-bond donors (Lipinski definition) is 0. The number of rotatable bonds is 2. The highest BCUT2D eigenvalue weighted by Crippen LogP contribution is 2.25. The van der Waals surface area contributed by atoms with Gasteiger partial charge in [-0.1, -0.05) is 0 Å². The summed E-state index contributed by atoms with van der Waals surface area (Å²) in [4.78, 5) is 24.8. The van der Waals surface area contributed by atoms with Crippen molar-refractivity contribution in [2.24, 2.45) is 0 Å². The minimum Gasteiger partial charge on any atom is -0.444 e. The number of carbonyl (C=O) groups is 1. The second-order valence-corrected chi connectivity index (χ2v) is 7.80. The maximum atomic E-state index is 12.2. The Bertz CT molecular complexity index is 971. The number of nitrogens with zero attached hydrogens (tertiary/aromatic N) is 6. The third-order valence-corrected chi connectivity index (χ3v) is 4.59. The molecule has 1 amide bonds. The van der Waals surface area contributed by atoms with Gasteiger partial charge in [-0.25, -0.2) is 19.3 Å². The van der Waals surface area contributed by atoms with Gasteiger partial charge in [-0.05, 0) is 39.0 Å². The lowest BCUT2D eigenvalue weighted by molar-refractivity contribution is 0.0241. The molecule has 0 N–H and O–H groups in total. The summed E-state index contributed by atoms with van der Waals surface area (Å²) >= 11 is 0. The minimum absolute atomic E-state index is 0.250. The molecule has 3 aromatic rings. The van der Waals surface area contributed by atoms with Crippen molar-refractivity contribution in [2.45, 2.75) is 26.4 Å². The molecule has 3 aromatic heterocycles. The van der Waals surface area contributed by atoms with Gasteiger partial charge >= 0.3 is 6.09 Å². The molecule has 0 atom stereocenters. The topological polar surface area (TPSA) is 75.9 Å². The molecule has 1 aliphatic rings. The van der Waals surface area contributed by atoms with Crippen LogP contribution in [0.25, 0.3) is 16.9 Å². The summed E-state index contributed by atoms with van der Waals surface area (Å²) in [6.07, 6.45) is 7.01.